The quantitative estimate of drug-likeness (QED) is 0.384. The summed E-state index contributed by atoms with van der Waals surface area (Å²) in [7, 11) is 0. The highest BCUT2D eigenvalue weighted by molar-refractivity contribution is 6.30. The first-order valence-corrected chi connectivity index (χ1v) is 12.5. The summed E-state index contributed by atoms with van der Waals surface area (Å²) in [5.41, 5.74) is 5.10. The van der Waals surface area contributed by atoms with Crippen molar-refractivity contribution in [3.8, 4) is 0 Å². The second-order valence-corrected chi connectivity index (χ2v) is 10.0. The number of nitrogens with zero attached hydrogens (tertiary/aromatic N) is 1. The van der Waals surface area contributed by atoms with Crippen molar-refractivity contribution in [3.63, 3.8) is 0 Å². The van der Waals surface area contributed by atoms with Gasteiger partial charge >= 0.3 is 0 Å². The molecule has 3 aromatic rings. The number of hydrogen-bond donors (Lipinski definition) is 1. The highest BCUT2D eigenvalue weighted by Crippen LogP contribution is 2.19. The lowest BCUT2D eigenvalue weighted by molar-refractivity contribution is -0.140. The van der Waals surface area contributed by atoms with Gasteiger partial charge in [0.25, 0.3) is 0 Å². The zero-order valence-corrected chi connectivity index (χ0v) is 21.8. The van der Waals surface area contributed by atoms with Crippen LogP contribution in [0.1, 0.15) is 41.7 Å². The molecule has 0 aromatic heterocycles. The summed E-state index contributed by atoms with van der Waals surface area (Å²) in [6.07, 6.45) is 0.681. The van der Waals surface area contributed by atoms with Crippen LogP contribution in [0.5, 0.6) is 0 Å². The van der Waals surface area contributed by atoms with Gasteiger partial charge in [0.2, 0.25) is 11.8 Å². The Morgan fingerprint density at radius 1 is 0.914 bits per heavy atom. The van der Waals surface area contributed by atoms with Crippen molar-refractivity contribution in [3.05, 3.63) is 106 Å². The fourth-order valence-corrected chi connectivity index (χ4v) is 4.14. The number of rotatable bonds is 10. The normalized spacial score (nSPS) is 11.8. The number of aryl methyl sites for hydroxylation is 2. The predicted molar refractivity (Wildman–Crippen MR) is 143 cm³/mol. The summed E-state index contributed by atoms with van der Waals surface area (Å²) in [4.78, 5) is 29.1. The van der Waals surface area contributed by atoms with Crippen molar-refractivity contribution >= 4 is 23.4 Å². The molecule has 1 atom stereocenters. The number of amides is 2. The van der Waals surface area contributed by atoms with E-state index in [1.807, 2.05) is 80.6 Å². The van der Waals surface area contributed by atoms with Crippen molar-refractivity contribution < 1.29 is 9.59 Å². The van der Waals surface area contributed by atoms with Gasteiger partial charge in [0.1, 0.15) is 6.04 Å². The van der Waals surface area contributed by atoms with E-state index >= 15 is 0 Å². The fraction of sp³-hybridized carbons (Fsp3) is 0.333. The van der Waals surface area contributed by atoms with Crippen LogP contribution >= 0.6 is 11.6 Å². The van der Waals surface area contributed by atoms with Crippen LogP contribution < -0.4 is 5.32 Å². The highest BCUT2D eigenvalue weighted by Gasteiger charge is 2.30. The molecular weight excluding hydrogens is 456 g/mol. The molecule has 0 radical (unpaired) electrons. The molecule has 35 heavy (non-hydrogen) atoms. The SMILES string of the molecule is Cc1ccc(C)c(CC(=O)N(Cc2ccc(Cl)cc2)[C@@H](Cc2ccccc2)C(=O)NCC(C)C)c1. The molecule has 0 aliphatic rings. The van der Waals surface area contributed by atoms with Gasteiger partial charge in [0, 0.05) is 24.5 Å². The maximum atomic E-state index is 13.8. The Morgan fingerprint density at radius 3 is 2.26 bits per heavy atom. The van der Waals surface area contributed by atoms with E-state index in [2.05, 4.69) is 25.2 Å². The van der Waals surface area contributed by atoms with Crippen LogP contribution in [0.25, 0.3) is 0 Å². The average Bonchev–Trinajstić information content (AvgIpc) is 2.83. The Bertz CT molecular complexity index is 1130. The molecule has 0 saturated heterocycles. The van der Waals surface area contributed by atoms with E-state index < -0.39 is 6.04 Å². The summed E-state index contributed by atoms with van der Waals surface area (Å²) < 4.78 is 0. The zero-order valence-electron chi connectivity index (χ0n) is 21.1. The van der Waals surface area contributed by atoms with Gasteiger partial charge in [-0.25, -0.2) is 0 Å². The molecule has 0 heterocycles. The Morgan fingerprint density at radius 2 is 1.60 bits per heavy atom. The lowest BCUT2D eigenvalue weighted by atomic mass is 9.99. The second kappa shape index (κ2) is 12.6. The maximum absolute atomic E-state index is 13.8. The molecule has 0 spiro atoms. The summed E-state index contributed by atoms with van der Waals surface area (Å²) >= 11 is 6.10. The van der Waals surface area contributed by atoms with E-state index in [-0.39, 0.29) is 18.2 Å². The Balaban J connectivity index is 1.97. The summed E-state index contributed by atoms with van der Waals surface area (Å²) in [6, 6.07) is 22.8. The summed E-state index contributed by atoms with van der Waals surface area (Å²) in [5, 5.41) is 3.70. The monoisotopic (exact) mass is 490 g/mol. The van der Waals surface area contributed by atoms with Crippen LogP contribution in [0, 0.1) is 19.8 Å². The van der Waals surface area contributed by atoms with E-state index in [1.165, 1.54) is 0 Å². The molecule has 4 nitrogen and oxygen atoms in total. The van der Waals surface area contributed by atoms with Gasteiger partial charge in [-0.2, -0.15) is 0 Å². The number of carbonyl (C=O) groups is 2. The average molecular weight is 491 g/mol. The lowest BCUT2D eigenvalue weighted by Gasteiger charge is -2.32. The number of halogens is 1. The molecule has 3 aromatic carbocycles. The first kappa shape index (κ1) is 26.5. The van der Waals surface area contributed by atoms with Gasteiger partial charge < -0.3 is 10.2 Å². The van der Waals surface area contributed by atoms with Crippen LogP contribution in [0.3, 0.4) is 0 Å². The first-order chi connectivity index (χ1) is 16.7. The minimum Gasteiger partial charge on any atom is -0.354 e. The number of benzene rings is 3. The molecule has 2 amide bonds. The van der Waals surface area contributed by atoms with E-state index in [9.17, 15) is 9.59 Å². The first-order valence-electron chi connectivity index (χ1n) is 12.1. The fourth-order valence-electron chi connectivity index (χ4n) is 4.02. The van der Waals surface area contributed by atoms with E-state index in [1.54, 1.807) is 4.90 Å². The standard InChI is InChI=1S/C30H35ClN2O2/c1-21(2)19-32-30(35)28(17-24-8-6-5-7-9-24)33(20-25-12-14-27(31)15-13-25)29(34)18-26-16-22(3)10-11-23(26)4/h5-16,21,28H,17-20H2,1-4H3,(H,32,35)/t28-/m0/s1. The van der Waals surface area contributed by atoms with Crippen molar-refractivity contribution in [2.24, 2.45) is 5.92 Å². The van der Waals surface area contributed by atoms with Gasteiger partial charge in [-0.3, -0.25) is 9.59 Å². The highest BCUT2D eigenvalue weighted by atomic mass is 35.5. The van der Waals surface area contributed by atoms with Gasteiger partial charge in [0.15, 0.2) is 0 Å². The molecule has 0 fully saturated rings. The molecule has 0 saturated carbocycles. The van der Waals surface area contributed by atoms with Crippen molar-refractivity contribution in [2.45, 2.75) is 53.1 Å². The predicted octanol–water partition coefficient (Wildman–Crippen LogP) is 5.91. The number of hydrogen-bond acceptors (Lipinski definition) is 2. The van der Waals surface area contributed by atoms with Crippen LogP contribution in [-0.2, 0) is 29.0 Å². The van der Waals surface area contributed by atoms with Crippen molar-refractivity contribution in [1.29, 1.82) is 0 Å². The van der Waals surface area contributed by atoms with E-state index in [0.29, 0.717) is 30.5 Å². The molecule has 1 N–H and O–H groups in total. The van der Waals surface area contributed by atoms with Crippen LogP contribution in [0.2, 0.25) is 5.02 Å². The number of carbonyl (C=O) groups excluding carboxylic acids is 2. The topological polar surface area (TPSA) is 49.4 Å². The molecule has 0 aliphatic carbocycles. The second-order valence-electron chi connectivity index (χ2n) is 9.60. The summed E-state index contributed by atoms with van der Waals surface area (Å²) in [5.74, 6) is 0.104. The Kier molecular flexibility index (Phi) is 9.50. The zero-order chi connectivity index (χ0) is 25.4. The van der Waals surface area contributed by atoms with Crippen LogP contribution in [0.4, 0.5) is 0 Å². The molecule has 0 bridgehead atoms. The van der Waals surface area contributed by atoms with Gasteiger partial charge in [-0.15, -0.1) is 0 Å². The van der Waals surface area contributed by atoms with Crippen molar-refractivity contribution in [1.82, 2.24) is 10.2 Å². The van der Waals surface area contributed by atoms with Gasteiger partial charge in [0.05, 0.1) is 6.42 Å². The van der Waals surface area contributed by atoms with Gasteiger partial charge in [-0.05, 0) is 54.2 Å². The molecular formula is C30H35ClN2O2. The third kappa shape index (κ3) is 7.97. The number of nitrogens with one attached hydrogen (secondary N) is 1. The Labute approximate surface area is 214 Å². The maximum Gasteiger partial charge on any atom is 0.243 e. The third-order valence-corrected chi connectivity index (χ3v) is 6.32. The smallest absolute Gasteiger partial charge is 0.243 e. The molecule has 3 rings (SSSR count). The minimum absolute atomic E-state index is 0.0747. The Hall–Kier alpha value is -3.11. The third-order valence-electron chi connectivity index (χ3n) is 6.07. The van der Waals surface area contributed by atoms with E-state index in [0.717, 1.165) is 27.8 Å². The minimum atomic E-state index is -0.635. The molecule has 0 unspecified atom stereocenters. The van der Waals surface area contributed by atoms with Crippen LogP contribution in [-0.4, -0.2) is 29.3 Å². The van der Waals surface area contributed by atoms with Crippen LogP contribution in [0.15, 0.2) is 72.8 Å². The summed E-state index contributed by atoms with van der Waals surface area (Å²) in [6.45, 7) is 9.05. The van der Waals surface area contributed by atoms with Gasteiger partial charge in [-0.1, -0.05) is 91.7 Å². The molecule has 184 valence electrons. The molecule has 0 aliphatic heterocycles. The van der Waals surface area contributed by atoms with Crippen molar-refractivity contribution in [2.75, 3.05) is 6.54 Å². The largest absolute Gasteiger partial charge is 0.354 e. The molecule has 5 heteroatoms. The lowest BCUT2D eigenvalue weighted by Crippen LogP contribution is -2.51. The van der Waals surface area contributed by atoms with E-state index in [4.69, 9.17) is 11.6 Å².